The Balaban J connectivity index is 1.88. The van der Waals surface area contributed by atoms with Crippen LogP contribution < -0.4 is 5.32 Å². The molecule has 3 heteroatoms. The molecule has 0 aromatic heterocycles. The maximum absolute atomic E-state index is 5.38. The van der Waals surface area contributed by atoms with Gasteiger partial charge in [-0.1, -0.05) is 19.8 Å². The molecule has 0 aliphatic heterocycles. The highest BCUT2D eigenvalue weighted by Gasteiger charge is 2.27. The van der Waals surface area contributed by atoms with Crippen LogP contribution in [-0.2, 0) is 9.47 Å². The third kappa shape index (κ3) is 5.50. The van der Waals surface area contributed by atoms with E-state index in [4.69, 9.17) is 9.47 Å². The lowest BCUT2D eigenvalue weighted by Gasteiger charge is -2.23. The molecule has 0 bridgehead atoms. The summed E-state index contributed by atoms with van der Waals surface area (Å²) in [6, 6.07) is 0. The van der Waals surface area contributed by atoms with Crippen LogP contribution in [0.5, 0.6) is 0 Å². The molecule has 0 aromatic carbocycles. The van der Waals surface area contributed by atoms with Crippen LogP contribution in [0.1, 0.15) is 32.6 Å². The molecular weight excluding hydrogens is 190 g/mol. The minimum Gasteiger partial charge on any atom is -0.382 e. The van der Waals surface area contributed by atoms with Crippen molar-refractivity contribution >= 4 is 0 Å². The van der Waals surface area contributed by atoms with Gasteiger partial charge < -0.3 is 14.8 Å². The van der Waals surface area contributed by atoms with Crippen molar-refractivity contribution in [2.45, 2.75) is 32.6 Å². The normalized spacial score (nSPS) is 19.6. The average molecular weight is 215 g/mol. The summed E-state index contributed by atoms with van der Waals surface area (Å²) in [6.07, 6.45) is 5.57. The zero-order valence-corrected chi connectivity index (χ0v) is 10.2. The molecular formula is C12H25NO2. The predicted octanol–water partition coefficient (Wildman–Crippen LogP) is 1.82. The van der Waals surface area contributed by atoms with Crippen molar-refractivity contribution < 1.29 is 9.47 Å². The Hall–Kier alpha value is -0.120. The van der Waals surface area contributed by atoms with Crippen LogP contribution in [-0.4, -0.2) is 40.0 Å². The van der Waals surface area contributed by atoms with Gasteiger partial charge in [-0.2, -0.15) is 0 Å². The number of methoxy groups -OCH3 is 1. The average Bonchev–Trinajstić information content (AvgIpc) is 2.64. The van der Waals surface area contributed by atoms with Gasteiger partial charge in [-0.25, -0.2) is 0 Å². The second-order valence-electron chi connectivity index (χ2n) is 4.80. The molecule has 0 unspecified atom stereocenters. The van der Waals surface area contributed by atoms with E-state index in [1.807, 2.05) is 0 Å². The third-order valence-electron chi connectivity index (χ3n) is 3.22. The molecule has 0 saturated heterocycles. The zero-order chi connectivity index (χ0) is 11.0. The molecule has 90 valence electrons. The standard InChI is InChI=1S/C12H25NO2/c1-12(5-3-4-6-12)11-13-7-8-15-10-9-14-2/h13H,3-11H2,1-2H3. The minimum atomic E-state index is 0.548. The Morgan fingerprint density at radius 3 is 2.53 bits per heavy atom. The van der Waals surface area contributed by atoms with E-state index >= 15 is 0 Å². The molecule has 1 N–H and O–H groups in total. The van der Waals surface area contributed by atoms with Crippen molar-refractivity contribution in [1.29, 1.82) is 0 Å². The molecule has 1 fully saturated rings. The summed E-state index contributed by atoms with van der Waals surface area (Å²) in [6.45, 7) is 6.67. The fourth-order valence-electron chi connectivity index (χ4n) is 2.18. The van der Waals surface area contributed by atoms with E-state index in [0.29, 0.717) is 18.6 Å². The van der Waals surface area contributed by atoms with Crippen LogP contribution in [0, 0.1) is 5.41 Å². The van der Waals surface area contributed by atoms with Gasteiger partial charge in [-0.15, -0.1) is 0 Å². The van der Waals surface area contributed by atoms with Crippen molar-refractivity contribution in [1.82, 2.24) is 5.32 Å². The summed E-state index contributed by atoms with van der Waals surface area (Å²) in [5.74, 6) is 0. The third-order valence-corrected chi connectivity index (χ3v) is 3.22. The Kier molecular flexibility index (Phi) is 6.22. The van der Waals surface area contributed by atoms with Crippen LogP contribution in [0.25, 0.3) is 0 Å². The monoisotopic (exact) mass is 215 g/mol. The molecule has 0 heterocycles. The van der Waals surface area contributed by atoms with Crippen molar-refractivity contribution in [3.8, 4) is 0 Å². The Bertz CT molecular complexity index is 156. The SMILES string of the molecule is COCCOCCNCC1(C)CCCC1. The first kappa shape index (κ1) is 12.9. The van der Waals surface area contributed by atoms with E-state index in [1.54, 1.807) is 7.11 Å². The molecule has 1 aliphatic carbocycles. The molecule has 0 atom stereocenters. The number of hydrogen-bond donors (Lipinski definition) is 1. The molecule has 3 nitrogen and oxygen atoms in total. The second-order valence-corrected chi connectivity index (χ2v) is 4.80. The number of ether oxygens (including phenoxy) is 2. The molecule has 0 aromatic rings. The highest BCUT2D eigenvalue weighted by Crippen LogP contribution is 2.36. The van der Waals surface area contributed by atoms with Crippen molar-refractivity contribution in [2.75, 3.05) is 40.0 Å². The van der Waals surface area contributed by atoms with Crippen LogP contribution in [0.15, 0.2) is 0 Å². The van der Waals surface area contributed by atoms with Crippen LogP contribution in [0.2, 0.25) is 0 Å². The van der Waals surface area contributed by atoms with E-state index in [9.17, 15) is 0 Å². The fraction of sp³-hybridized carbons (Fsp3) is 1.00. The zero-order valence-electron chi connectivity index (χ0n) is 10.2. The number of rotatable bonds is 8. The topological polar surface area (TPSA) is 30.5 Å². The van der Waals surface area contributed by atoms with Gasteiger partial charge >= 0.3 is 0 Å². The molecule has 15 heavy (non-hydrogen) atoms. The minimum absolute atomic E-state index is 0.548. The summed E-state index contributed by atoms with van der Waals surface area (Å²) >= 11 is 0. The van der Waals surface area contributed by atoms with E-state index in [0.717, 1.165) is 19.7 Å². The summed E-state index contributed by atoms with van der Waals surface area (Å²) in [5.41, 5.74) is 0.548. The summed E-state index contributed by atoms with van der Waals surface area (Å²) in [5, 5.41) is 3.48. The second kappa shape index (κ2) is 7.20. The van der Waals surface area contributed by atoms with E-state index in [2.05, 4.69) is 12.2 Å². The number of hydrogen-bond acceptors (Lipinski definition) is 3. The lowest BCUT2D eigenvalue weighted by atomic mass is 9.89. The largest absolute Gasteiger partial charge is 0.382 e. The van der Waals surface area contributed by atoms with Gasteiger partial charge in [-0.3, -0.25) is 0 Å². The quantitative estimate of drug-likeness (QED) is 0.627. The van der Waals surface area contributed by atoms with Gasteiger partial charge in [-0.05, 0) is 18.3 Å². The van der Waals surface area contributed by atoms with Gasteiger partial charge in [0.1, 0.15) is 0 Å². The smallest absolute Gasteiger partial charge is 0.0700 e. The van der Waals surface area contributed by atoms with Crippen LogP contribution in [0.4, 0.5) is 0 Å². The van der Waals surface area contributed by atoms with E-state index in [-0.39, 0.29) is 0 Å². The highest BCUT2D eigenvalue weighted by molar-refractivity contribution is 4.82. The maximum Gasteiger partial charge on any atom is 0.0700 e. The Morgan fingerprint density at radius 1 is 1.13 bits per heavy atom. The first-order valence-electron chi connectivity index (χ1n) is 6.04. The van der Waals surface area contributed by atoms with Crippen LogP contribution in [0.3, 0.4) is 0 Å². The molecule has 0 spiro atoms. The van der Waals surface area contributed by atoms with E-state index in [1.165, 1.54) is 25.7 Å². The van der Waals surface area contributed by atoms with Gasteiger partial charge in [0.25, 0.3) is 0 Å². The lowest BCUT2D eigenvalue weighted by Crippen LogP contribution is -2.31. The highest BCUT2D eigenvalue weighted by atomic mass is 16.5. The lowest BCUT2D eigenvalue weighted by molar-refractivity contribution is 0.0710. The van der Waals surface area contributed by atoms with Gasteiger partial charge in [0.05, 0.1) is 19.8 Å². The predicted molar refractivity (Wildman–Crippen MR) is 62.1 cm³/mol. The molecule has 0 amide bonds. The maximum atomic E-state index is 5.38. The first-order chi connectivity index (χ1) is 7.27. The van der Waals surface area contributed by atoms with Gasteiger partial charge in [0.15, 0.2) is 0 Å². The molecule has 1 saturated carbocycles. The van der Waals surface area contributed by atoms with Crippen molar-refractivity contribution in [2.24, 2.45) is 5.41 Å². The Morgan fingerprint density at radius 2 is 1.87 bits per heavy atom. The number of nitrogens with one attached hydrogen (secondary N) is 1. The fourth-order valence-corrected chi connectivity index (χ4v) is 2.18. The Labute approximate surface area is 93.5 Å². The van der Waals surface area contributed by atoms with E-state index < -0.39 is 0 Å². The summed E-state index contributed by atoms with van der Waals surface area (Å²) < 4.78 is 10.3. The molecule has 1 aliphatic rings. The first-order valence-corrected chi connectivity index (χ1v) is 6.04. The van der Waals surface area contributed by atoms with Gasteiger partial charge in [0, 0.05) is 20.2 Å². The summed E-state index contributed by atoms with van der Waals surface area (Å²) in [7, 11) is 1.70. The molecule has 1 rings (SSSR count). The van der Waals surface area contributed by atoms with Crippen molar-refractivity contribution in [3.05, 3.63) is 0 Å². The summed E-state index contributed by atoms with van der Waals surface area (Å²) in [4.78, 5) is 0. The molecule has 0 radical (unpaired) electrons. The van der Waals surface area contributed by atoms with Gasteiger partial charge in [0.2, 0.25) is 0 Å². The van der Waals surface area contributed by atoms with Crippen LogP contribution >= 0.6 is 0 Å². The van der Waals surface area contributed by atoms with Crippen molar-refractivity contribution in [3.63, 3.8) is 0 Å².